The van der Waals surface area contributed by atoms with Crippen molar-refractivity contribution in [3.05, 3.63) is 77.6 Å². The van der Waals surface area contributed by atoms with Crippen LogP contribution < -0.4 is 5.32 Å². The third kappa shape index (κ3) is 4.58. The van der Waals surface area contributed by atoms with E-state index in [1.54, 1.807) is 6.07 Å². The first kappa shape index (κ1) is 19.8. The molecule has 0 aliphatic carbocycles. The molecule has 0 radical (unpaired) electrons. The van der Waals surface area contributed by atoms with Crippen molar-refractivity contribution < 1.29 is 14.1 Å². The number of carbonyl (C=O) groups is 2. The van der Waals surface area contributed by atoms with Gasteiger partial charge < -0.3 is 19.6 Å². The fourth-order valence-electron chi connectivity index (χ4n) is 3.35. The number of carbonyl (C=O) groups excluding carboxylic acids is 2. The molecule has 0 bridgehead atoms. The molecule has 1 aliphatic heterocycles. The lowest BCUT2D eigenvalue weighted by atomic mass is 10.1. The van der Waals surface area contributed by atoms with E-state index in [4.69, 9.17) is 4.52 Å². The molecule has 3 aromatic rings. The van der Waals surface area contributed by atoms with Crippen molar-refractivity contribution in [3.8, 4) is 11.3 Å². The molecule has 2 aromatic carbocycles. The van der Waals surface area contributed by atoms with Crippen molar-refractivity contribution in [2.75, 3.05) is 33.2 Å². The number of hydrogen-bond acceptors (Lipinski definition) is 5. The summed E-state index contributed by atoms with van der Waals surface area (Å²) in [5.41, 5.74) is 3.08. The van der Waals surface area contributed by atoms with Crippen molar-refractivity contribution >= 4 is 11.8 Å². The minimum absolute atomic E-state index is 0.0498. The lowest BCUT2D eigenvalue weighted by molar-refractivity contribution is 0.0664. The number of likely N-dealkylation sites (N-methyl/N-ethyl adjacent to an activating group) is 1. The summed E-state index contributed by atoms with van der Waals surface area (Å²) in [5, 5.41) is 6.79. The first-order valence-corrected chi connectivity index (χ1v) is 9.97. The van der Waals surface area contributed by atoms with E-state index in [0.717, 1.165) is 37.3 Å². The lowest BCUT2D eigenvalue weighted by Gasteiger charge is -2.32. The molecule has 1 fully saturated rings. The van der Waals surface area contributed by atoms with Crippen molar-refractivity contribution in [2.45, 2.75) is 6.54 Å². The van der Waals surface area contributed by atoms with Gasteiger partial charge in [0.05, 0.1) is 0 Å². The second-order valence-corrected chi connectivity index (χ2v) is 7.42. The first-order valence-electron chi connectivity index (χ1n) is 9.97. The largest absolute Gasteiger partial charge is 0.350 e. The summed E-state index contributed by atoms with van der Waals surface area (Å²) in [6.07, 6.45) is 0. The summed E-state index contributed by atoms with van der Waals surface area (Å²) in [4.78, 5) is 29.1. The minimum atomic E-state index is -0.331. The van der Waals surface area contributed by atoms with Crippen molar-refractivity contribution in [2.24, 2.45) is 0 Å². The number of nitrogens with zero attached hydrogens (tertiary/aromatic N) is 3. The van der Waals surface area contributed by atoms with Crippen LogP contribution in [0.3, 0.4) is 0 Å². The number of hydrogen-bond donors (Lipinski definition) is 1. The zero-order valence-electron chi connectivity index (χ0n) is 16.9. The smallest absolute Gasteiger partial charge is 0.290 e. The summed E-state index contributed by atoms with van der Waals surface area (Å²) in [5.74, 6) is -0.119. The van der Waals surface area contributed by atoms with Gasteiger partial charge in [0.1, 0.15) is 5.69 Å². The molecule has 4 rings (SSSR count). The maximum Gasteiger partial charge on any atom is 0.290 e. The average molecular weight is 404 g/mol. The van der Waals surface area contributed by atoms with Crippen LogP contribution >= 0.6 is 0 Å². The highest BCUT2D eigenvalue weighted by molar-refractivity contribution is 5.94. The van der Waals surface area contributed by atoms with Gasteiger partial charge in [-0.15, -0.1) is 0 Å². The molecule has 1 N–H and O–H groups in total. The van der Waals surface area contributed by atoms with E-state index in [0.29, 0.717) is 17.8 Å². The Morgan fingerprint density at radius 1 is 1.00 bits per heavy atom. The average Bonchev–Trinajstić information content (AvgIpc) is 3.29. The maximum absolute atomic E-state index is 12.6. The van der Waals surface area contributed by atoms with E-state index in [1.165, 1.54) is 0 Å². The molecule has 1 saturated heterocycles. The Morgan fingerprint density at radius 2 is 1.70 bits per heavy atom. The van der Waals surface area contributed by atoms with Gasteiger partial charge in [0.15, 0.2) is 0 Å². The fourth-order valence-corrected chi connectivity index (χ4v) is 3.35. The predicted octanol–water partition coefficient (Wildman–Crippen LogP) is 2.66. The molecule has 154 valence electrons. The Morgan fingerprint density at radius 3 is 2.40 bits per heavy atom. The van der Waals surface area contributed by atoms with E-state index in [9.17, 15) is 9.59 Å². The van der Waals surface area contributed by atoms with Crippen LogP contribution in [-0.4, -0.2) is 60.0 Å². The highest BCUT2D eigenvalue weighted by Crippen LogP contribution is 2.18. The molecule has 0 saturated carbocycles. The van der Waals surface area contributed by atoms with Gasteiger partial charge in [-0.1, -0.05) is 47.6 Å². The third-order valence-corrected chi connectivity index (χ3v) is 5.25. The zero-order chi connectivity index (χ0) is 20.9. The van der Waals surface area contributed by atoms with Gasteiger partial charge in [-0.2, -0.15) is 0 Å². The highest BCUT2D eigenvalue weighted by Gasteiger charge is 2.20. The topological polar surface area (TPSA) is 78.7 Å². The van der Waals surface area contributed by atoms with Crippen molar-refractivity contribution in [3.63, 3.8) is 0 Å². The molecule has 1 aliphatic rings. The SMILES string of the molecule is CN1CCN(C(=O)c2ccc(CNC(=O)c3cc(-c4ccccc4)no3)cc2)CC1. The second kappa shape index (κ2) is 8.92. The minimum Gasteiger partial charge on any atom is -0.350 e. The first-order chi connectivity index (χ1) is 14.6. The normalized spacial score (nSPS) is 14.5. The summed E-state index contributed by atoms with van der Waals surface area (Å²) in [6.45, 7) is 3.61. The highest BCUT2D eigenvalue weighted by atomic mass is 16.5. The van der Waals surface area contributed by atoms with Crippen LogP contribution in [0, 0.1) is 0 Å². The maximum atomic E-state index is 12.6. The van der Waals surface area contributed by atoms with Gasteiger partial charge in [0.25, 0.3) is 11.8 Å². The summed E-state index contributed by atoms with van der Waals surface area (Å²) in [6, 6.07) is 18.5. The molecule has 7 heteroatoms. The molecule has 30 heavy (non-hydrogen) atoms. The number of benzene rings is 2. The lowest BCUT2D eigenvalue weighted by Crippen LogP contribution is -2.47. The molecule has 1 aromatic heterocycles. The predicted molar refractivity (Wildman–Crippen MR) is 113 cm³/mol. The Labute approximate surface area is 175 Å². The van der Waals surface area contributed by atoms with Crippen LogP contribution in [-0.2, 0) is 6.54 Å². The second-order valence-electron chi connectivity index (χ2n) is 7.42. The Bertz CT molecular complexity index is 1010. The van der Waals surface area contributed by atoms with E-state index in [2.05, 4.69) is 22.4 Å². The Balaban J connectivity index is 1.32. The number of piperazine rings is 1. The number of rotatable bonds is 5. The van der Waals surface area contributed by atoms with Gasteiger partial charge in [-0.25, -0.2) is 0 Å². The van der Waals surface area contributed by atoms with Gasteiger partial charge in [-0.05, 0) is 24.7 Å². The monoisotopic (exact) mass is 404 g/mol. The van der Waals surface area contributed by atoms with Crippen LogP contribution in [0.4, 0.5) is 0 Å². The summed E-state index contributed by atoms with van der Waals surface area (Å²) in [7, 11) is 2.06. The molecule has 2 amide bonds. The van der Waals surface area contributed by atoms with Gasteiger partial charge in [0, 0.05) is 49.9 Å². The molecule has 0 atom stereocenters. The molecule has 0 unspecified atom stereocenters. The van der Waals surface area contributed by atoms with E-state index < -0.39 is 0 Å². The third-order valence-electron chi connectivity index (χ3n) is 5.25. The van der Waals surface area contributed by atoms with Crippen molar-refractivity contribution in [1.29, 1.82) is 0 Å². The summed E-state index contributed by atoms with van der Waals surface area (Å²) >= 11 is 0. The number of aromatic nitrogens is 1. The Kier molecular flexibility index (Phi) is 5.90. The molecule has 2 heterocycles. The standard InChI is InChI=1S/C23H24N4O3/c1-26-11-13-27(14-12-26)23(29)19-9-7-17(8-10-19)16-24-22(28)21-15-20(25-30-21)18-5-3-2-4-6-18/h2-10,15H,11-14,16H2,1H3,(H,24,28). The summed E-state index contributed by atoms with van der Waals surface area (Å²) < 4.78 is 5.18. The van der Waals surface area contributed by atoms with Crippen LogP contribution in [0.5, 0.6) is 0 Å². The van der Waals surface area contributed by atoms with E-state index in [-0.39, 0.29) is 17.6 Å². The molecular weight excluding hydrogens is 380 g/mol. The molecule has 0 spiro atoms. The van der Waals surface area contributed by atoms with E-state index >= 15 is 0 Å². The van der Waals surface area contributed by atoms with Gasteiger partial charge in [0.2, 0.25) is 5.76 Å². The molecular formula is C23H24N4O3. The van der Waals surface area contributed by atoms with Crippen LogP contribution in [0.25, 0.3) is 11.3 Å². The van der Waals surface area contributed by atoms with Crippen LogP contribution in [0.15, 0.2) is 65.2 Å². The number of amides is 2. The van der Waals surface area contributed by atoms with Crippen LogP contribution in [0.1, 0.15) is 26.5 Å². The number of nitrogens with one attached hydrogen (secondary N) is 1. The quantitative estimate of drug-likeness (QED) is 0.707. The van der Waals surface area contributed by atoms with Crippen LogP contribution in [0.2, 0.25) is 0 Å². The Hall–Kier alpha value is -3.45. The van der Waals surface area contributed by atoms with Crippen molar-refractivity contribution in [1.82, 2.24) is 20.3 Å². The zero-order valence-corrected chi connectivity index (χ0v) is 16.9. The van der Waals surface area contributed by atoms with E-state index in [1.807, 2.05) is 59.5 Å². The van der Waals surface area contributed by atoms with Gasteiger partial charge >= 0.3 is 0 Å². The van der Waals surface area contributed by atoms with Gasteiger partial charge in [-0.3, -0.25) is 9.59 Å². The fraction of sp³-hybridized carbons (Fsp3) is 0.261. The molecule has 7 nitrogen and oxygen atoms in total.